The van der Waals surface area contributed by atoms with Crippen molar-refractivity contribution in [3.05, 3.63) is 66.0 Å². The van der Waals surface area contributed by atoms with E-state index >= 15 is 0 Å². The number of hydrogen-bond donors (Lipinski definition) is 4. The standard InChI is InChI=1S/C19H17N5O2/c25-18(13-6-4-12(5-7-13)17-21-9-10-22-17)24-15-3-1-2-14-16(15)20-8-11-23-19(14)26/h1-7,9-10,20H,8,11H2,(H,21,22)(H,23,26)(H,24,25). The lowest BCUT2D eigenvalue weighted by molar-refractivity contribution is 0.0956. The molecule has 0 radical (unpaired) electrons. The van der Waals surface area contributed by atoms with Crippen LogP contribution in [0.4, 0.5) is 11.4 Å². The van der Waals surface area contributed by atoms with Crippen LogP contribution in [0.5, 0.6) is 0 Å². The van der Waals surface area contributed by atoms with E-state index in [1.165, 1.54) is 0 Å². The second kappa shape index (κ2) is 6.72. The van der Waals surface area contributed by atoms with Crippen LogP contribution >= 0.6 is 0 Å². The molecule has 0 atom stereocenters. The van der Waals surface area contributed by atoms with Crippen LogP contribution in [0.25, 0.3) is 11.4 Å². The summed E-state index contributed by atoms with van der Waals surface area (Å²) >= 11 is 0. The Morgan fingerprint density at radius 3 is 2.62 bits per heavy atom. The first kappa shape index (κ1) is 15.9. The van der Waals surface area contributed by atoms with Crippen LogP contribution < -0.4 is 16.0 Å². The second-order valence-electron chi connectivity index (χ2n) is 5.88. The minimum absolute atomic E-state index is 0.149. The van der Waals surface area contributed by atoms with Gasteiger partial charge in [-0.1, -0.05) is 18.2 Å². The maximum absolute atomic E-state index is 12.6. The lowest BCUT2D eigenvalue weighted by Gasteiger charge is -2.13. The number of fused-ring (bicyclic) bond motifs is 1. The smallest absolute Gasteiger partial charge is 0.255 e. The van der Waals surface area contributed by atoms with Gasteiger partial charge in [0.15, 0.2) is 0 Å². The number of para-hydroxylation sites is 1. The van der Waals surface area contributed by atoms with E-state index in [9.17, 15) is 9.59 Å². The van der Waals surface area contributed by atoms with Gasteiger partial charge >= 0.3 is 0 Å². The Morgan fingerprint density at radius 2 is 1.85 bits per heavy atom. The van der Waals surface area contributed by atoms with Crippen molar-refractivity contribution in [1.82, 2.24) is 15.3 Å². The Labute approximate surface area is 149 Å². The van der Waals surface area contributed by atoms with Crippen molar-refractivity contribution >= 4 is 23.2 Å². The number of carbonyl (C=O) groups excluding carboxylic acids is 2. The highest BCUT2D eigenvalue weighted by Crippen LogP contribution is 2.28. The van der Waals surface area contributed by atoms with Gasteiger partial charge in [-0.25, -0.2) is 4.98 Å². The summed E-state index contributed by atoms with van der Waals surface area (Å²) in [6.07, 6.45) is 3.43. The molecule has 0 spiro atoms. The van der Waals surface area contributed by atoms with Crippen molar-refractivity contribution in [2.45, 2.75) is 0 Å². The molecule has 0 bridgehead atoms. The van der Waals surface area contributed by atoms with E-state index in [1.807, 2.05) is 12.1 Å². The molecule has 0 fully saturated rings. The zero-order valence-electron chi connectivity index (χ0n) is 13.9. The van der Waals surface area contributed by atoms with E-state index in [4.69, 9.17) is 0 Å². The van der Waals surface area contributed by atoms with Gasteiger partial charge in [-0.15, -0.1) is 0 Å². The zero-order valence-corrected chi connectivity index (χ0v) is 13.9. The number of hydrogen-bond acceptors (Lipinski definition) is 4. The molecule has 1 aromatic heterocycles. The molecule has 4 N–H and O–H groups in total. The summed E-state index contributed by atoms with van der Waals surface area (Å²) in [5.74, 6) is 0.361. The highest BCUT2D eigenvalue weighted by atomic mass is 16.2. The molecular formula is C19H17N5O2. The number of anilines is 2. The molecule has 26 heavy (non-hydrogen) atoms. The third kappa shape index (κ3) is 3.02. The van der Waals surface area contributed by atoms with Crippen LogP contribution in [-0.2, 0) is 0 Å². The van der Waals surface area contributed by atoms with Gasteiger partial charge in [0, 0.05) is 36.6 Å². The van der Waals surface area contributed by atoms with Crippen LogP contribution in [-0.4, -0.2) is 34.9 Å². The summed E-state index contributed by atoms with van der Waals surface area (Å²) in [5.41, 5.74) is 3.17. The third-order valence-electron chi connectivity index (χ3n) is 4.19. The molecular weight excluding hydrogens is 330 g/mol. The van der Waals surface area contributed by atoms with Crippen molar-refractivity contribution in [3.63, 3.8) is 0 Å². The predicted octanol–water partition coefficient (Wildman–Crippen LogP) is 2.48. The Kier molecular flexibility index (Phi) is 4.10. The van der Waals surface area contributed by atoms with Gasteiger partial charge in [-0.2, -0.15) is 0 Å². The lowest BCUT2D eigenvalue weighted by Crippen LogP contribution is -2.24. The highest BCUT2D eigenvalue weighted by Gasteiger charge is 2.19. The lowest BCUT2D eigenvalue weighted by atomic mass is 10.1. The molecule has 7 nitrogen and oxygen atoms in total. The van der Waals surface area contributed by atoms with Gasteiger partial charge < -0.3 is 20.9 Å². The molecule has 0 aliphatic carbocycles. The maximum atomic E-state index is 12.6. The third-order valence-corrected chi connectivity index (χ3v) is 4.19. The molecule has 1 aliphatic heterocycles. The average Bonchev–Trinajstić information content (AvgIpc) is 3.14. The van der Waals surface area contributed by atoms with E-state index in [0.717, 1.165) is 11.4 Å². The summed E-state index contributed by atoms with van der Waals surface area (Å²) in [6, 6.07) is 12.4. The fourth-order valence-corrected chi connectivity index (χ4v) is 2.89. The summed E-state index contributed by atoms with van der Waals surface area (Å²) in [6.45, 7) is 1.14. The molecule has 0 saturated carbocycles. The van der Waals surface area contributed by atoms with Gasteiger partial charge in [-0.3, -0.25) is 9.59 Å². The summed E-state index contributed by atoms with van der Waals surface area (Å²) < 4.78 is 0. The van der Waals surface area contributed by atoms with Gasteiger partial charge in [0.25, 0.3) is 11.8 Å². The maximum Gasteiger partial charge on any atom is 0.255 e. The van der Waals surface area contributed by atoms with Crippen molar-refractivity contribution < 1.29 is 9.59 Å². The number of amides is 2. The SMILES string of the molecule is O=C(Nc1cccc2c1NCCNC2=O)c1ccc(-c2ncc[nH]2)cc1. The number of imidazole rings is 1. The van der Waals surface area contributed by atoms with Crippen molar-refractivity contribution in [3.8, 4) is 11.4 Å². The Morgan fingerprint density at radius 1 is 1.04 bits per heavy atom. The molecule has 2 heterocycles. The topological polar surface area (TPSA) is 98.9 Å². The fraction of sp³-hybridized carbons (Fsp3) is 0.105. The first-order valence-electron chi connectivity index (χ1n) is 8.28. The summed E-state index contributed by atoms with van der Waals surface area (Å²) in [7, 11) is 0. The Hall–Kier alpha value is -3.61. The molecule has 7 heteroatoms. The minimum atomic E-state index is -0.240. The molecule has 3 aromatic rings. The largest absolute Gasteiger partial charge is 0.381 e. The number of H-pyrrole nitrogens is 1. The Bertz CT molecular complexity index is 949. The monoisotopic (exact) mass is 347 g/mol. The molecule has 4 rings (SSSR count). The first-order valence-corrected chi connectivity index (χ1v) is 8.28. The number of nitrogens with one attached hydrogen (secondary N) is 4. The molecule has 0 unspecified atom stereocenters. The van der Waals surface area contributed by atoms with Gasteiger partial charge in [0.05, 0.1) is 16.9 Å². The average molecular weight is 347 g/mol. The molecule has 2 amide bonds. The number of rotatable bonds is 3. The van der Waals surface area contributed by atoms with Gasteiger partial charge in [0.2, 0.25) is 0 Å². The quantitative estimate of drug-likeness (QED) is 0.585. The van der Waals surface area contributed by atoms with Crippen molar-refractivity contribution in [2.24, 2.45) is 0 Å². The van der Waals surface area contributed by atoms with Crippen LogP contribution in [0.15, 0.2) is 54.9 Å². The van der Waals surface area contributed by atoms with E-state index in [2.05, 4.69) is 25.9 Å². The first-order chi connectivity index (χ1) is 12.7. The van der Waals surface area contributed by atoms with Crippen LogP contribution in [0.1, 0.15) is 20.7 Å². The predicted molar refractivity (Wildman–Crippen MR) is 99.2 cm³/mol. The summed E-state index contributed by atoms with van der Waals surface area (Å²) in [5, 5.41) is 8.89. The van der Waals surface area contributed by atoms with Gasteiger partial charge in [-0.05, 0) is 24.3 Å². The number of carbonyl (C=O) groups is 2. The van der Waals surface area contributed by atoms with E-state index in [0.29, 0.717) is 35.6 Å². The number of benzene rings is 2. The Balaban J connectivity index is 1.57. The van der Waals surface area contributed by atoms with Crippen molar-refractivity contribution in [1.29, 1.82) is 0 Å². The molecule has 130 valence electrons. The summed E-state index contributed by atoms with van der Waals surface area (Å²) in [4.78, 5) is 31.9. The number of aromatic nitrogens is 2. The van der Waals surface area contributed by atoms with E-state index in [1.54, 1.807) is 42.7 Å². The van der Waals surface area contributed by atoms with E-state index < -0.39 is 0 Å². The molecule has 2 aromatic carbocycles. The van der Waals surface area contributed by atoms with Gasteiger partial charge in [0.1, 0.15) is 5.82 Å². The minimum Gasteiger partial charge on any atom is -0.381 e. The fourth-order valence-electron chi connectivity index (χ4n) is 2.89. The number of aromatic amines is 1. The van der Waals surface area contributed by atoms with E-state index in [-0.39, 0.29) is 11.8 Å². The second-order valence-corrected chi connectivity index (χ2v) is 5.88. The zero-order chi connectivity index (χ0) is 17.9. The van der Waals surface area contributed by atoms with Crippen molar-refractivity contribution in [2.75, 3.05) is 23.7 Å². The highest BCUT2D eigenvalue weighted by molar-refractivity contribution is 6.09. The van der Waals surface area contributed by atoms with Crippen LogP contribution in [0.2, 0.25) is 0 Å². The molecule has 1 aliphatic rings. The molecule has 0 saturated heterocycles. The normalized spacial score (nSPS) is 13.2. The number of nitrogens with zero attached hydrogens (tertiary/aromatic N) is 1. The van der Waals surface area contributed by atoms with Crippen LogP contribution in [0, 0.1) is 0 Å². The van der Waals surface area contributed by atoms with Crippen LogP contribution in [0.3, 0.4) is 0 Å².